The first kappa shape index (κ1) is 13.8. The van der Waals surface area contributed by atoms with Gasteiger partial charge in [0.1, 0.15) is 0 Å². The third-order valence-corrected chi connectivity index (χ3v) is 3.99. The average molecular weight is 247 g/mol. The third-order valence-electron chi connectivity index (χ3n) is 3.99. The van der Waals surface area contributed by atoms with Crippen LogP contribution in [0.5, 0.6) is 0 Å². The van der Waals surface area contributed by atoms with Crippen molar-refractivity contribution in [3.05, 3.63) is 0 Å². The number of nitrogens with zero attached hydrogens (tertiary/aromatic N) is 1. The Kier molecular flexibility index (Phi) is 4.62. The highest BCUT2D eigenvalue weighted by atomic mass is 35.5. The minimum atomic E-state index is -0.513. The molecule has 0 atom stereocenters. The largest absolute Gasteiger partial charge is 0.341 e. The number of carbonyl (C=O) groups excluding carboxylic acids is 1. The predicted octanol–water partition coefficient (Wildman–Crippen LogP) is 1.94. The molecule has 2 aliphatic rings. The minimum absolute atomic E-state index is 0. The summed E-state index contributed by atoms with van der Waals surface area (Å²) in [5.74, 6) is 0.984. The van der Waals surface area contributed by atoms with Crippen LogP contribution in [0.2, 0.25) is 0 Å². The SMILES string of the molecule is CC1CCN(C(=O)C2(N)CCCC2)CC1.Cl. The van der Waals surface area contributed by atoms with Gasteiger partial charge in [0, 0.05) is 13.1 Å². The van der Waals surface area contributed by atoms with Crippen molar-refractivity contribution < 1.29 is 4.79 Å². The van der Waals surface area contributed by atoms with Gasteiger partial charge in [-0.05, 0) is 31.6 Å². The molecular weight excluding hydrogens is 224 g/mol. The minimum Gasteiger partial charge on any atom is -0.341 e. The Labute approximate surface area is 104 Å². The van der Waals surface area contributed by atoms with Crippen LogP contribution < -0.4 is 5.73 Å². The van der Waals surface area contributed by atoms with E-state index >= 15 is 0 Å². The summed E-state index contributed by atoms with van der Waals surface area (Å²) in [6, 6.07) is 0. The summed E-state index contributed by atoms with van der Waals surface area (Å²) in [5.41, 5.74) is 5.66. The Morgan fingerprint density at radius 1 is 1.25 bits per heavy atom. The molecule has 16 heavy (non-hydrogen) atoms. The van der Waals surface area contributed by atoms with Crippen LogP contribution in [0.15, 0.2) is 0 Å². The lowest BCUT2D eigenvalue weighted by molar-refractivity contribution is -0.138. The van der Waals surface area contributed by atoms with Crippen molar-refractivity contribution >= 4 is 18.3 Å². The van der Waals surface area contributed by atoms with Gasteiger partial charge < -0.3 is 10.6 Å². The Balaban J connectivity index is 0.00000128. The van der Waals surface area contributed by atoms with Gasteiger partial charge in [0.15, 0.2) is 0 Å². The Hall–Kier alpha value is -0.280. The third kappa shape index (κ3) is 2.69. The van der Waals surface area contributed by atoms with Gasteiger partial charge in [0.2, 0.25) is 5.91 Å². The molecule has 4 heteroatoms. The maximum Gasteiger partial charge on any atom is 0.242 e. The van der Waals surface area contributed by atoms with Crippen LogP contribution in [0.3, 0.4) is 0 Å². The Morgan fingerprint density at radius 2 is 1.75 bits per heavy atom. The maximum absolute atomic E-state index is 12.2. The van der Waals surface area contributed by atoms with Crippen molar-refractivity contribution in [2.45, 2.75) is 51.0 Å². The molecule has 1 amide bonds. The highest BCUT2D eigenvalue weighted by Gasteiger charge is 2.40. The van der Waals surface area contributed by atoms with Crippen LogP contribution in [-0.2, 0) is 4.79 Å². The molecule has 0 bridgehead atoms. The second-order valence-corrected chi connectivity index (χ2v) is 5.34. The van der Waals surface area contributed by atoms with Crippen molar-refractivity contribution in [3.8, 4) is 0 Å². The number of hydrogen-bond acceptors (Lipinski definition) is 2. The lowest BCUT2D eigenvalue weighted by Crippen LogP contribution is -2.55. The van der Waals surface area contributed by atoms with Gasteiger partial charge >= 0.3 is 0 Å². The van der Waals surface area contributed by atoms with Crippen LogP contribution >= 0.6 is 12.4 Å². The van der Waals surface area contributed by atoms with Gasteiger partial charge in [-0.2, -0.15) is 0 Å². The molecule has 1 saturated heterocycles. The molecular formula is C12H23ClN2O. The molecule has 0 radical (unpaired) electrons. The Bertz CT molecular complexity index is 243. The van der Waals surface area contributed by atoms with Gasteiger partial charge in [-0.15, -0.1) is 12.4 Å². The molecule has 0 aromatic carbocycles. The molecule has 2 rings (SSSR count). The number of piperidine rings is 1. The molecule has 1 heterocycles. The molecule has 1 aliphatic carbocycles. The molecule has 1 aliphatic heterocycles. The highest BCUT2D eigenvalue weighted by Crippen LogP contribution is 2.30. The molecule has 1 saturated carbocycles. The smallest absolute Gasteiger partial charge is 0.242 e. The van der Waals surface area contributed by atoms with E-state index in [-0.39, 0.29) is 18.3 Å². The summed E-state index contributed by atoms with van der Waals surface area (Å²) in [6.45, 7) is 4.09. The highest BCUT2D eigenvalue weighted by molar-refractivity contribution is 5.86. The number of amides is 1. The van der Waals surface area contributed by atoms with Gasteiger partial charge in [0.05, 0.1) is 5.54 Å². The zero-order valence-corrected chi connectivity index (χ0v) is 10.9. The van der Waals surface area contributed by atoms with E-state index < -0.39 is 5.54 Å². The van der Waals surface area contributed by atoms with Crippen molar-refractivity contribution in [3.63, 3.8) is 0 Å². The molecule has 0 aromatic heterocycles. The summed E-state index contributed by atoms with van der Waals surface area (Å²) in [4.78, 5) is 14.2. The standard InChI is InChI=1S/C12H22N2O.ClH/c1-10-4-8-14(9-5-10)11(15)12(13)6-2-3-7-12;/h10H,2-9,13H2,1H3;1H. The van der Waals surface area contributed by atoms with Crippen LogP contribution in [-0.4, -0.2) is 29.4 Å². The number of halogens is 1. The first-order valence-corrected chi connectivity index (χ1v) is 6.20. The number of likely N-dealkylation sites (tertiary alicyclic amines) is 1. The van der Waals surface area contributed by atoms with Crippen LogP contribution in [0.1, 0.15) is 45.4 Å². The number of carbonyl (C=O) groups is 1. The van der Waals surface area contributed by atoms with Crippen LogP contribution in [0.4, 0.5) is 0 Å². The molecule has 94 valence electrons. The summed E-state index contributed by atoms with van der Waals surface area (Å²) in [5, 5.41) is 0. The van der Waals surface area contributed by atoms with Crippen molar-refractivity contribution in [2.75, 3.05) is 13.1 Å². The van der Waals surface area contributed by atoms with E-state index in [4.69, 9.17) is 5.73 Å². The summed E-state index contributed by atoms with van der Waals surface area (Å²) >= 11 is 0. The molecule has 3 nitrogen and oxygen atoms in total. The first-order valence-electron chi connectivity index (χ1n) is 6.20. The molecule has 0 spiro atoms. The van der Waals surface area contributed by atoms with E-state index in [1.807, 2.05) is 4.90 Å². The van der Waals surface area contributed by atoms with E-state index in [1.54, 1.807) is 0 Å². The summed E-state index contributed by atoms with van der Waals surface area (Å²) in [7, 11) is 0. The monoisotopic (exact) mass is 246 g/mol. The van der Waals surface area contributed by atoms with Crippen molar-refractivity contribution in [1.29, 1.82) is 0 Å². The van der Waals surface area contributed by atoms with Crippen molar-refractivity contribution in [1.82, 2.24) is 4.90 Å². The summed E-state index contributed by atoms with van der Waals surface area (Å²) in [6.07, 6.45) is 6.29. The summed E-state index contributed by atoms with van der Waals surface area (Å²) < 4.78 is 0. The van der Waals surface area contributed by atoms with Crippen molar-refractivity contribution in [2.24, 2.45) is 11.7 Å². The first-order chi connectivity index (χ1) is 7.12. The van der Waals surface area contributed by atoms with Gasteiger partial charge in [-0.3, -0.25) is 4.79 Å². The molecule has 0 unspecified atom stereocenters. The second-order valence-electron chi connectivity index (χ2n) is 5.34. The fourth-order valence-electron chi connectivity index (χ4n) is 2.75. The lowest BCUT2D eigenvalue weighted by atomic mass is 9.93. The number of nitrogens with two attached hydrogens (primary N) is 1. The molecule has 0 aromatic rings. The lowest BCUT2D eigenvalue weighted by Gasteiger charge is -2.35. The maximum atomic E-state index is 12.2. The fourth-order valence-corrected chi connectivity index (χ4v) is 2.75. The zero-order valence-electron chi connectivity index (χ0n) is 10.1. The van der Waals surface area contributed by atoms with Crippen LogP contribution in [0, 0.1) is 5.92 Å². The average Bonchev–Trinajstić information content (AvgIpc) is 2.67. The van der Waals surface area contributed by atoms with Gasteiger partial charge in [-0.25, -0.2) is 0 Å². The topological polar surface area (TPSA) is 46.3 Å². The van der Waals surface area contributed by atoms with Gasteiger partial charge in [0.25, 0.3) is 0 Å². The van der Waals surface area contributed by atoms with E-state index in [9.17, 15) is 4.79 Å². The van der Waals surface area contributed by atoms with E-state index in [1.165, 1.54) is 0 Å². The predicted molar refractivity (Wildman–Crippen MR) is 67.6 cm³/mol. The fraction of sp³-hybridized carbons (Fsp3) is 0.917. The number of hydrogen-bond donors (Lipinski definition) is 1. The van der Waals surface area contributed by atoms with Gasteiger partial charge in [-0.1, -0.05) is 19.8 Å². The zero-order chi connectivity index (χ0) is 10.9. The van der Waals surface area contributed by atoms with Crippen LogP contribution in [0.25, 0.3) is 0 Å². The quantitative estimate of drug-likeness (QED) is 0.769. The molecule has 2 fully saturated rings. The second kappa shape index (κ2) is 5.37. The van der Waals surface area contributed by atoms with E-state index in [0.29, 0.717) is 0 Å². The van der Waals surface area contributed by atoms with E-state index in [2.05, 4.69) is 6.92 Å². The Morgan fingerprint density at radius 3 is 2.25 bits per heavy atom. The van der Waals surface area contributed by atoms with E-state index in [0.717, 1.165) is 57.5 Å². The molecule has 2 N–H and O–H groups in total. The normalized spacial score (nSPS) is 25.2. The number of rotatable bonds is 1.